The number of aliphatic hydroxyl groups is 4. The summed E-state index contributed by atoms with van der Waals surface area (Å²) >= 11 is 0. The van der Waals surface area contributed by atoms with Gasteiger partial charge in [-0.2, -0.15) is 0 Å². The maximum Gasteiger partial charge on any atom is 0.249 e. The summed E-state index contributed by atoms with van der Waals surface area (Å²) in [5.74, 6) is -0.576. The topological polar surface area (TPSA) is 110 Å². The zero-order valence-electron chi connectivity index (χ0n) is 55.1. The van der Waals surface area contributed by atoms with Crippen molar-refractivity contribution in [3.05, 3.63) is 24.3 Å². The summed E-state index contributed by atoms with van der Waals surface area (Å²) in [6.07, 6.45) is 88.9. The van der Waals surface area contributed by atoms with Gasteiger partial charge in [0.05, 0.1) is 18.8 Å². The van der Waals surface area contributed by atoms with Crippen molar-refractivity contribution < 1.29 is 25.2 Å². The van der Waals surface area contributed by atoms with E-state index in [0.29, 0.717) is 12.8 Å². The van der Waals surface area contributed by atoms with Crippen LogP contribution < -0.4 is 5.32 Å². The van der Waals surface area contributed by atoms with Gasteiger partial charge in [-0.1, -0.05) is 398 Å². The predicted molar refractivity (Wildman–Crippen MR) is 358 cm³/mol. The SMILES string of the molecule is CCCCCCCCCCCCC/C=C\C/C=C\CCCCCCCCCCCCCCCCCCC(O)C(=O)NC(CO)C(O)C(O)CCCCCCCCCCCCCCCCCCCCCCCCCCCCCCCCC. The second-order valence-electron chi connectivity index (χ2n) is 26.0. The Balaban J connectivity index is 3.52. The lowest BCUT2D eigenvalue weighted by Gasteiger charge is -2.27. The lowest BCUT2D eigenvalue weighted by molar-refractivity contribution is -0.132. The molecule has 5 N–H and O–H groups in total. The Kier molecular flexibility index (Phi) is 68.5. The van der Waals surface area contributed by atoms with Crippen molar-refractivity contribution in [3.8, 4) is 0 Å². The number of aliphatic hydroxyl groups excluding tert-OH is 4. The van der Waals surface area contributed by atoms with Gasteiger partial charge >= 0.3 is 0 Å². The monoisotopic (exact) mass is 1140 g/mol. The zero-order chi connectivity index (χ0) is 58.7. The first-order valence-corrected chi connectivity index (χ1v) is 37.2. The molecule has 0 bridgehead atoms. The van der Waals surface area contributed by atoms with Gasteiger partial charge in [0.2, 0.25) is 5.91 Å². The minimum absolute atomic E-state index is 0.372. The average Bonchev–Trinajstić information content (AvgIpc) is 3.47. The summed E-state index contributed by atoms with van der Waals surface area (Å²) in [5.41, 5.74) is 0. The highest BCUT2D eigenvalue weighted by atomic mass is 16.3. The molecule has 0 fully saturated rings. The first kappa shape index (κ1) is 79.8. The molecule has 0 aliphatic rings. The number of unbranched alkanes of at least 4 members (excludes halogenated alkanes) is 57. The molecule has 0 radical (unpaired) electrons. The van der Waals surface area contributed by atoms with Crippen molar-refractivity contribution in [2.24, 2.45) is 0 Å². The summed E-state index contributed by atoms with van der Waals surface area (Å²) in [4.78, 5) is 12.7. The van der Waals surface area contributed by atoms with E-state index in [9.17, 15) is 25.2 Å². The van der Waals surface area contributed by atoms with Gasteiger partial charge in [-0.05, 0) is 44.9 Å². The summed E-state index contributed by atoms with van der Waals surface area (Å²) in [6.45, 7) is 4.12. The second kappa shape index (κ2) is 69.6. The third kappa shape index (κ3) is 63.1. The minimum atomic E-state index is -1.26. The van der Waals surface area contributed by atoms with E-state index in [0.717, 1.165) is 44.9 Å². The van der Waals surface area contributed by atoms with E-state index in [1.807, 2.05) is 0 Å². The highest BCUT2D eigenvalue weighted by Crippen LogP contribution is 2.20. The van der Waals surface area contributed by atoms with Crippen LogP contribution in [0.4, 0.5) is 0 Å². The molecule has 4 unspecified atom stereocenters. The van der Waals surface area contributed by atoms with Gasteiger partial charge in [-0.15, -0.1) is 0 Å². The van der Waals surface area contributed by atoms with Crippen molar-refractivity contribution in [1.82, 2.24) is 5.32 Å². The van der Waals surface area contributed by atoms with E-state index in [4.69, 9.17) is 0 Å². The fraction of sp³-hybridized carbons (Fsp3) is 0.933. The number of amides is 1. The first-order chi connectivity index (χ1) is 40.0. The second-order valence-corrected chi connectivity index (χ2v) is 26.0. The van der Waals surface area contributed by atoms with Gasteiger partial charge in [0.25, 0.3) is 0 Å². The molecule has 1 amide bonds. The van der Waals surface area contributed by atoms with Crippen LogP contribution in [-0.4, -0.2) is 57.3 Å². The lowest BCUT2D eigenvalue weighted by Crippen LogP contribution is -2.53. The van der Waals surface area contributed by atoms with Crippen LogP contribution in [0.3, 0.4) is 0 Å². The average molecular weight is 1140 g/mol. The van der Waals surface area contributed by atoms with Crippen LogP contribution in [0, 0.1) is 0 Å². The number of carbonyl (C=O) groups excluding carboxylic acids is 1. The highest BCUT2D eigenvalue weighted by Gasteiger charge is 2.28. The Bertz CT molecular complexity index is 1240. The fourth-order valence-corrected chi connectivity index (χ4v) is 12.1. The molecule has 0 aliphatic carbocycles. The van der Waals surface area contributed by atoms with E-state index >= 15 is 0 Å². The van der Waals surface area contributed by atoms with Crippen LogP contribution in [0.5, 0.6) is 0 Å². The third-order valence-corrected chi connectivity index (χ3v) is 17.9. The molecule has 0 aromatic carbocycles. The smallest absolute Gasteiger partial charge is 0.249 e. The molecule has 6 nitrogen and oxygen atoms in total. The molecular formula is C75H147NO5. The Morgan fingerprint density at radius 2 is 0.531 bits per heavy atom. The molecule has 0 aromatic heterocycles. The van der Waals surface area contributed by atoms with Crippen LogP contribution in [0.2, 0.25) is 0 Å². The number of hydrogen-bond acceptors (Lipinski definition) is 5. The molecule has 0 spiro atoms. The lowest BCUT2D eigenvalue weighted by atomic mass is 9.99. The highest BCUT2D eigenvalue weighted by molar-refractivity contribution is 5.80. The van der Waals surface area contributed by atoms with E-state index < -0.39 is 36.9 Å². The summed E-state index contributed by atoms with van der Waals surface area (Å²) in [7, 11) is 0. The Hall–Kier alpha value is -1.21. The van der Waals surface area contributed by atoms with Crippen molar-refractivity contribution in [1.29, 1.82) is 0 Å². The molecule has 81 heavy (non-hydrogen) atoms. The predicted octanol–water partition coefficient (Wildman–Crippen LogP) is 23.3. The number of allylic oxidation sites excluding steroid dienone is 4. The summed E-state index contributed by atoms with van der Waals surface area (Å²) in [6, 6.07) is -0.986. The maximum atomic E-state index is 12.7. The largest absolute Gasteiger partial charge is 0.394 e. The normalized spacial score (nSPS) is 13.5. The van der Waals surface area contributed by atoms with Gasteiger partial charge in [0, 0.05) is 0 Å². The van der Waals surface area contributed by atoms with Crippen LogP contribution in [-0.2, 0) is 4.79 Å². The molecule has 0 saturated heterocycles. The number of nitrogens with one attached hydrogen (secondary N) is 1. The molecule has 0 rings (SSSR count). The maximum absolute atomic E-state index is 12.7. The molecule has 6 heteroatoms. The van der Waals surface area contributed by atoms with Crippen LogP contribution in [0.1, 0.15) is 418 Å². The van der Waals surface area contributed by atoms with E-state index in [1.165, 1.54) is 347 Å². The number of hydrogen-bond donors (Lipinski definition) is 5. The molecule has 0 heterocycles. The van der Waals surface area contributed by atoms with Gasteiger partial charge in [-0.3, -0.25) is 4.79 Å². The number of carbonyl (C=O) groups is 1. The van der Waals surface area contributed by atoms with Gasteiger partial charge in [0.15, 0.2) is 0 Å². The standard InChI is InChI=1S/C75H147NO5/c1-3-5-7-9-11-13-15-17-19-21-23-25-27-29-31-33-35-36-37-39-41-43-45-47-49-51-53-55-57-59-61-63-65-67-69-73(79)75(81)76-71(70-77)74(80)72(78)68-66-64-62-60-58-56-54-52-50-48-46-44-42-40-38-34-32-30-28-26-24-22-20-18-16-14-12-10-8-6-4-2/h27,29,33,35,71-74,77-80H,3-26,28,30-32,34,36-70H2,1-2H3,(H,76,81)/b29-27-,35-33-. The van der Waals surface area contributed by atoms with Gasteiger partial charge in [0.1, 0.15) is 12.2 Å². The third-order valence-electron chi connectivity index (χ3n) is 17.9. The first-order valence-electron chi connectivity index (χ1n) is 37.2. The Labute approximate surface area is 507 Å². The molecule has 0 aromatic rings. The van der Waals surface area contributed by atoms with Crippen molar-refractivity contribution in [2.75, 3.05) is 6.61 Å². The van der Waals surface area contributed by atoms with Crippen molar-refractivity contribution >= 4 is 5.91 Å². The fourth-order valence-electron chi connectivity index (χ4n) is 12.1. The number of rotatable bonds is 70. The molecule has 4 atom stereocenters. The van der Waals surface area contributed by atoms with Crippen molar-refractivity contribution in [2.45, 2.75) is 443 Å². The quantitative estimate of drug-likeness (QED) is 0.0308. The van der Waals surface area contributed by atoms with Crippen LogP contribution >= 0.6 is 0 Å². The zero-order valence-corrected chi connectivity index (χ0v) is 55.1. The Morgan fingerprint density at radius 1 is 0.309 bits per heavy atom. The van der Waals surface area contributed by atoms with Crippen molar-refractivity contribution in [3.63, 3.8) is 0 Å². The molecule has 482 valence electrons. The van der Waals surface area contributed by atoms with Gasteiger partial charge < -0.3 is 25.7 Å². The molecular weight excluding hydrogens is 995 g/mol. The van der Waals surface area contributed by atoms with E-state index in [2.05, 4.69) is 43.5 Å². The summed E-state index contributed by atoms with van der Waals surface area (Å²) in [5, 5.41) is 44.3. The van der Waals surface area contributed by atoms with Crippen LogP contribution in [0.25, 0.3) is 0 Å². The summed E-state index contributed by atoms with van der Waals surface area (Å²) < 4.78 is 0. The van der Waals surface area contributed by atoms with E-state index in [-0.39, 0.29) is 0 Å². The van der Waals surface area contributed by atoms with Gasteiger partial charge in [-0.25, -0.2) is 0 Å². The van der Waals surface area contributed by atoms with Crippen LogP contribution in [0.15, 0.2) is 24.3 Å². The molecule has 0 saturated carbocycles. The molecule has 0 aliphatic heterocycles. The van der Waals surface area contributed by atoms with E-state index in [1.54, 1.807) is 0 Å². The minimum Gasteiger partial charge on any atom is -0.394 e. The Morgan fingerprint density at radius 3 is 0.778 bits per heavy atom.